The zero-order chi connectivity index (χ0) is 21.7. The lowest BCUT2D eigenvalue weighted by Crippen LogP contribution is -2.32. The predicted octanol–water partition coefficient (Wildman–Crippen LogP) is 3.27. The van der Waals surface area contributed by atoms with Crippen LogP contribution >= 0.6 is 0 Å². The number of sulfonamides is 1. The van der Waals surface area contributed by atoms with E-state index in [1.54, 1.807) is 21.1 Å². The van der Waals surface area contributed by atoms with Crippen molar-refractivity contribution in [1.82, 2.24) is 9.62 Å². The second kappa shape index (κ2) is 9.76. The normalized spacial score (nSPS) is 14.4. The summed E-state index contributed by atoms with van der Waals surface area (Å²) in [5.74, 6) is 0.936. The summed E-state index contributed by atoms with van der Waals surface area (Å²) in [6, 6.07) is 7.88. The standard InChI is InChI=1S/C22H29FN2O4S/c1-16-6-7-19(23)14-22(16)30(26,27)24-9-4-5-10-25-11-8-17-12-20(28-2)21(29-3)13-18(17)15-25/h6-7,12-14,24H,4-5,8-11,15H2,1-3H3. The van der Waals surface area contributed by atoms with Crippen LogP contribution in [0.2, 0.25) is 0 Å². The largest absolute Gasteiger partial charge is 0.493 e. The van der Waals surface area contributed by atoms with Crippen molar-refractivity contribution in [2.24, 2.45) is 0 Å². The van der Waals surface area contributed by atoms with Crippen molar-refractivity contribution in [3.63, 3.8) is 0 Å². The van der Waals surface area contributed by atoms with E-state index in [1.165, 1.54) is 23.3 Å². The van der Waals surface area contributed by atoms with Crippen LogP contribution in [0.4, 0.5) is 4.39 Å². The Kier molecular flexibility index (Phi) is 7.33. The maximum atomic E-state index is 13.4. The molecule has 0 saturated heterocycles. The number of halogens is 1. The highest BCUT2D eigenvalue weighted by Crippen LogP contribution is 2.33. The van der Waals surface area contributed by atoms with Crippen molar-refractivity contribution in [2.75, 3.05) is 33.9 Å². The number of rotatable bonds is 9. The van der Waals surface area contributed by atoms with E-state index in [1.807, 2.05) is 6.07 Å². The van der Waals surface area contributed by atoms with E-state index in [-0.39, 0.29) is 4.90 Å². The Morgan fingerprint density at radius 2 is 1.77 bits per heavy atom. The lowest BCUT2D eigenvalue weighted by molar-refractivity contribution is 0.248. The number of nitrogens with zero attached hydrogens (tertiary/aromatic N) is 1. The third-order valence-electron chi connectivity index (χ3n) is 5.43. The first-order valence-electron chi connectivity index (χ1n) is 10.1. The summed E-state index contributed by atoms with van der Waals surface area (Å²) in [4.78, 5) is 2.36. The van der Waals surface area contributed by atoms with Gasteiger partial charge in [-0.3, -0.25) is 4.90 Å². The summed E-state index contributed by atoms with van der Waals surface area (Å²) in [6.45, 7) is 4.66. The highest BCUT2D eigenvalue weighted by atomic mass is 32.2. The van der Waals surface area contributed by atoms with Gasteiger partial charge in [0.25, 0.3) is 0 Å². The molecule has 2 aromatic rings. The molecule has 6 nitrogen and oxygen atoms in total. The summed E-state index contributed by atoms with van der Waals surface area (Å²) in [5.41, 5.74) is 3.05. The van der Waals surface area contributed by atoms with Crippen molar-refractivity contribution in [1.29, 1.82) is 0 Å². The van der Waals surface area contributed by atoms with Crippen LogP contribution in [-0.4, -0.2) is 47.2 Å². The SMILES string of the molecule is COc1cc2c(cc1OC)CN(CCCCNS(=O)(=O)c1cc(F)ccc1C)CC2. The fourth-order valence-electron chi connectivity index (χ4n) is 3.74. The fourth-order valence-corrected chi connectivity index (χ4v) is 5.07. The Morgan fingerprint density at radius 1 is 1.07 bits per heavy atom. The average molecular weight is 437 g/mol. The highest BCUT2D eigenvalue weighted by Gasteiger charge is 2.20. The first kappa shape index (κ1) is 22.5. The van der Waals surface area contributed by atoms with Gasteiger partial charge in [-0.05, 0) is 73.7 Å². The summed E-state index contributed by atoms with van der Waals surface area (Å²) in [5, 5.41) is 0. The number of fused-ring (bicyclic) bond motifs is 1. The van der Waals surface area contributed by atoms with Gasteiger partial charge in [-0.1, -0.05) is 6.07 Å². The minimum absolute atomic E-state index is 0.000451. The van der Waals surface area contributed by atoms with Crippen LogP contribution in [0.3, 0.4) is 0 Å². The van der Waals surface area contributed by atoms with E-state index >= 15 is 0 Å². The third-order valence-corrected chi connectivity index (χ3v) is 7.03. The lowest BCUT2D eigenvalue weighted by atomic mass is 9.98. The second-order valence-electron chi connectivity index (χ2n) is 7.52. The molecule has 2 aromatic carbocycles. The predicted molar refractivity (Wildman–Crippen MR) is 114 cm³/mol. The average Bonchev–Trinajstić information content (AvgIpc) is 2.73. The molecule has 1 N–H and O–H groups in total. The van der Waals surface area contributed by atoms with Gasteiger partial charge in [-0.15, -0.1) is 0 Å². The Balaban J connectivity index is 1.48. The summed E-state index contributed by atoms with van der Waals surface area (Å²) >= 11 is 0. The van der Waals surface area contributed by atoms with Crippen LogP contribution in [-0.2, 0) is 23.0 Å². The van der Waals surface area contributed by atoms with Gasteiger partial charge in [0.1, 0.15) is 5.82 Å². The van der Waals surface area contributed by atoms with Gasteiger partial charge in [-0.2, -0.15) is 0 Å². The third kappa shape index (κ3) is 5.30. The molecule has 0 aliphatic carbocycles. The molecular weight excluding hydrogens is 407 g/mol. The van der Waals surface area contributed by atoms with E-state index < -0.39 is 15.8 Å². The molecule has 1 heterocycles. The number of methoxy groups -OCH3 is 2. The van der Waals surface area contributed by atoms with Crippen molar-refractivity contribution >= 4 is 10.0 Å². The van der Waals surface area contributed by atoms with E-state index in [9.17, 15) is 12.8 Å². The number of hydrogen-bond donors (Lipinski definition) is 1. The second-order valence-corrected chi connectivity index (χ2v) is 9.25. The van der Waals surface area contributed by atoms with Gasteiger partial charge in [-0.25, -0.2) is 17.5 Å². The molecule has 30 heavy (non-hydrogen) atoms. The van der Waals surface area contributed by atoms with Crippen LogP contribution in [0.1, 0.15) is 29.5 Å². The number of unbranched alkanes of at least 4 members (excludes halogenated alkanes) is 1. The first-order chi connectivity index (χ1) is 14.3. The minimum atomic E-state index is -3.70. The van der Waals surface area contributed by atoms with Gasteiger partial charge in [0.15, 0.2) is 11.5 Å². The van der Waals surface area contributed by atoms with Gasteiger partial charge in [0.2, 0.25) is 10.0 Å². The lowest BCUT2D eigenvalue weighted by Gasteiger charge is -2.29. The van der Waals surface area contributed by atoms with Gasteiger partial charge in [0, 0.05) is 19.6 Å². The van der Waals surface area contributed by atoms with Crippen LogP contribution in [0.15, 0.2) is 35.2 Å². The minimum Gasteiger partial charge on any atom is -0.493 e. The Hall–Kier alpha value is -2.16. The molecule has 0 radical (unpaired) electrons. The Bertz CT molecular complexity index is 995. The van der Waals surface area contributed by atoms with Crippen LogP contribution < -0.4 is 14.2 Å². The molecule has 0 bridgehead atoms. The molecular formula is C22H29FN2O4S. The molecule has 1 aliphatic rings. The molecule has 0 saturated carbocycles. The summed E-state index contributed by atoms with van der Waals surface area (Å²) in [7, 11) is -0.424. The number of benzene rings is 2. The number of ether oxygens (including phenoxy) is 2. The molecule has 3 rings (SSSR count). The Morgan fingerprint density at radius 3 is 2.47 bits per heavy atom. The summed E-state index contributed by atoms with van der Waals surface area (Å²) < 4.78 is 51.6. The molecule has 164 valence electrons. The van der Waals surface area contributed by atoms with Crippen LogP contribution in [0.25, 0.3) is 0 Å². The first-order valence-corrected chi connectivity index (χ1v) is 11.5. The van der Waals surface area contributed by atoms with Gasteiger partial charge >= 0.3 is 0 Å². The molecule has 0 amide bonds. The molecule has 0 spiro atoms. The molecule has 0 atom stereocenters. The zero-order valence-electron chi connectivity index (χ0n) is 17.7. The summed E-state index contributed by atoms with van der Waals surface area (Å²) in [6.07, 6.45) is 2.53. The molecule has 8 heteroatoms. The van der Waals surface area contributed by atoms with Crippen LogP contribution in [0.5, 0.6) is 11.5 Å². The topological polar surface area (TPSA) is 67.9 Å². The molecule has 0 fully saturated rings. The van der Waals surface area contributed by atoms with Crippen LogP contribution in [0, 0.1) is 12.7 Å². The smallest absolute Gasteiger partial charge is 0.240 e. The number of hydrogen-bond acceptors (Lipinski definition) is 5. The Labute approximate surface area is 178 Å². The van der Waals surface area contributed by atoms with Crippen molar-refractivity contribution in [3.8, 4) is 11.5 Å². The van der Waals surface area contributed by atoms with E-state index in [0.717, 1.165) is 50.0 Å². The van der Waals surface area contributed by atoms with Crippen molar-refractivity contribution in [2.45, 2.75) is 37.6 Å². The quantitative estimate of drug-likeness (QED) is 0.611. The number of nitrogens with one attached hydrogen (secondary N) is 1. The molecule has 0 unspecified atom stereocenters. The van der Waals surface area contributed by atoms with E-state index in [2.05, 4.69) is 15.7 Å². The maximum absolute atomic E-state index is 13.4. The van der Waals surface area contributed by atoms with E-state index in [4.69, 9.17) is 9.47 Å². The molecule has 0 aromatic heterocycles. The van der Waals surface area contributed by atoms with Crippen molar-refractivity contribution < 1.29 is 22.3 Å². The fraction of sp³-hybridized carbons (Fsp3) is 0.455. The monoisotopic (exact) mass is 436 g/mol. The van der Waals surface area contributed by atoms with Crippen molar-refractivity contribution in [3.05, 3.63) is 52.8 Å². The maximum Gasteiger partial charge on any atom is 0.240 e. The highest BCUT2D eigenvalue weighted by molar-refractivity contribution is 7.89. The van der Waals surface area contributed by atoms with Gasteiger partial charge in [0.05, 0.1) is 19.1 Å². The number of aryl methyl sites for hydroxylation is 1. The molecule has 1 aliphatic heterocycles. The van der Waals surface area contributed by atoms with E-state index in [0.29, 0.717) is 18.5 Å². The zero-order valence-corrected chi connectivity index (χ0v) is 18.5. The van der Waals surface area contributed by atoms with Gasteiger partial charge < -0.3 is 9.47 Å².